The minimum absolute atomic E-state index is 0.143. The van der Waals surface area contributed by atoms with E-state index in [1.165, 1.54) is 6.07 Å². The molecule has 0 saturated heterocycles. The summed E-state index contributed by atoms with van der Waals surface area (Å²) < 4.78 is 52.5. The second kappa shape index (κ2) is 5.40. The van der Waals surface area contributed by atoms with Crippen molar-refractivity contribution < 1.29 is 17.6 Å². The van der Waals surface area contributed by atoms with E-state index in [0.717, 1.165) is 4.47 Å². The Bertz CT molecular complexity index is 598. The normalized spacial score (nSPS) is 14.1. The third-order valence-electron chi connectivity index (χ3n) is 2.81. The second-order valence-electron chi connectivity index (χ2n) is 4.02. The Morgan fingerprint density at radius 1 is 0.947 bits per heavy atom. The molecule has 0 aliphatic rings. The molecule has 2 aromatic carbocycles. The van der Waals surface area contributed by atoms with Gasteiger partial charge >= 0.3 is 12.3 Å². The van der Waals surface area contributed by atoms with Gasteiger partial charge in [0.1, 0.15) is 4.83 Å². The molecule has 2 rings (SSSR count). The minimum Gasteiger partial charge on any atom is -0.204 e. The highest BCUT2D eigenvalue weighted by atomic mass is 79.9. The molecule has 0 nitrogen and oxygen atoms in total. The van der Waals surface area contributed by atoms with Crippen molar-refractivity contribution in [3.63, 3.8) is 0 Å². The van der Waals surface area contributed by atoms with E-state index < -0.39 is 17.2 Å². The molecule has 2 aromatic rings. The summed E-state index contributed by atoms with van der Waals surface area (Å²) in [6.07, 6.45) is -3.72. The van der Waals surface area contributed by atoms with Crippen LogP contribution in [0.15, 0.2) is 40.9 Å². The van der Waals surface area contributed by atoms with Gasteiger partial charge in [0.2, 0.25) is 0 Å². The Morgan fingerprint density at radius 2 is 1.53 bits per heavy atom. The van der Waals surface area contributed by atoms with Gasteiger partial charge in [-0.25, -0.2) is 8.78 Å². The van der Waals surface area contributed by atoms with E-state index in [1.807, 2.05) is 0 Å². The molecule has 19 heavy (non-hydrogen) atoms. The summed E-state index contributed by atoms with van der Waals surface area (Å²) in [6, 6.07) is 9.80. The standard InChI is InChI=1S/C13H8Br2F4/c14-10-6-5-9(7-3-1-2-4-8(7)10)11(15)13(18,19)12(16)17/h1-6,11-12H. The third kappa shape index (κ3) is 2.65. The zero-order valence-electron chi connectivity index (χ0n) is 9.39. The van der Waals surface area contributed by atoms with Gasteiger partial charge in [0, 0.05) is 4.47 Å². The van der Waals surface area contributed by atoms with Crippen LogP contribution in [0.5, 0.6) is 0 Å². The number of hydrogen-bond acceptors (Lipinski definition) is 0. The Kier molecular flexibility index (Phi) is 4.20. The van der Waals surface area contributed by atoms with Gasteiger partial charge in [0.05, 0.1) is 0 Å². The predicted molar refractivity (Wildman–Crippen MR) is 74.3 cm³/mol. The number of alkyl halides is 5. The van der Waals surface area contributed by atoms with E-state index in [4.69, 9.17) is 0 Å². The first-order chi connectivity index (χ1) is 8.85. The maximum absolute atomic E-state index is 13.4. The molecule has 0 spiro atoms. The summed E-state index contributed by atoms with van der Waals surface area (Å²) in [6.45, 7) is 0. The van der Waals surface area contributed by atoms with Gasteiger partial charge in [-0.05, 0) is 22.4 Å². The fourth-order valence-electron chi connectivity index (χ4n) is 1.82. The molecule has 0 fully saturated rings. The first kappa shape index (κ1) is 14.8. The van der Waals surface area contributed by atoms with Gasteiger partial charge in [-0.2, -0.15) is 8.78 Å². The highest BCUT2D eigenvalue weighted by molar-refractivity contribution is 9.10. The fraction of sp³-hybridized carbons (Fsp3) is 0.231. The van der Waals surface area contributed by atoms with Crippen LogP contribution in [0.25, 0.3) is 10.8 Å². The highest BCUT2D eigenvalue weighted by Gasteiger charge is 2.48. The summed E-state index contributed by atoms with van der Waals surface area (Å²) in [7, 11) is 0. The van der Waals surface area contributed by atoms with Crippen LogP contribution in [0.3, 0.4) is 0 Å². The van der Waals surface area contributed by atoms with Crippen molar-refractivity contribution in [2.75, 3.05) is 0 Å². The van der Waals surface area contributed by atoms with E-state index in [2.05, 4.69) is 31.9 Å². The largest absolute Gasteiger partial charge is 0.323 e. The number of benzene rings is 2. The molecule has 102 valence electrons. The molecule has 1 atom stereocenters. The van der Waals surface area contributed by atoms with Gasteiger partial charge in [-0.1, -0.05) is 62.2 Å². The second-order valence-corrected chi connectivity index (χ2v) is 5.79. The average Bonchev–Trinajstić information content (AvgIpc) is 2.38. The topological polar surface area (TPSA) is 0 Å². The van der Waals surface area contributed by atoms with Gasteiger partial charge < -0.3 is 0 Å². The van der Waals surface area contributed by atoms with Crippen molar-refractivity contribution in [1.82, 2.24) is 0 Å². The van der Waals surface area contributed by atoms with Gasteiger partial charge in [-0.15, -0.1) is 0 Å². The van der Waals surface area contributed by atoms with Crippen LogP contribution in [0.2, 0.25) is 0 Å². The Hall–Kier alpha value is -0.620. The molecule has 0 aliphatic carbocycles. The minimum atomic E-state index is -4.13. The van der Waals surface area contributed by atoms with Gasteiger partial charge in [0.15, 0.2) is 0 Å². The summed E-state index contributed by atoms with van der Waals surface area (Å²) in [4.78, 5) is -1.74. The lowest BCUT2D eigenvalue weighted by Crippen LogP contribution is -2.31. The Balaban J connectivity index is 2.61. The lowest BCUT2D eigenvalue weighted by molar-refractivity contribution is -0.127. The van der Waals surface area contributed by atoms with Crippen LogP contribution in [-0.2, 0) is 0 Å². The summed E-state index contributed by atoms with van der Waals surface area (Å²) in [5, 5.41) is 1.22. The van der Waals surface area contributed by atoms with Crippen LogP contribution in [0.1, 0.15) is 10.4 Å². The Labute approximate surface area is 124 Å². The maximum Gasteiger partial charge on any atom is 0.323 e. The zero-order valence-corrected chi connectivity index (χ0v) is 12.6. The molecule has 0 N–H and O–H groups in total. The predicted octanol–water partition coefficient (Wildman–Crippen LogP) is 5.94. The molecule has 0 heterocycles. The first-order valence-corrected chi connectivity index (χ1v) is 7.03. The molecule has 0 radical (unpaired) electrons. The number of hydrogen-bond donors (Lipinski definition) is 0. The van der Waals surface area contributed by atoms with E-state index in [1.54, 1.807) is 30.3 Å². The third-order valence-corrected chi connectivity index (χ3v) is 4.60. The van der Waals surface area contributed by atoms with Crippen LogP contribution in [-0.4, -0.2) is 12.3 Å². The lowest BCUT2D eigenvalue weighted by Gasteiger charge is -2.23. The molecular weight excluding hydrogens is 392 g/mol. The van der Waals surface area contributed by atoms with Crippen molar-refractivity contribution in [1.29, 1.82) is 0 Å². The molecule has 0 bridgehead atoms. The first-order valence-electron chi connectivity index (χ1n) is 5.33. The molecule has 0 aliphatic heterocycles. The van der Waals surface area contributed by atoms with Crippen molar-refractivity contribution in [2.45, 2.75) is 17.2 Å². The van der Waals surface area contributed by atoms with Crippen molar-refractivity contribution >= 4 is 42.6 Å². The fourth-order valence-corrected chi connectivity index (χ4v) is 2.90. The summed E-state index contributed by atoms with van der Waals surface area (Å²) in [5.74, 6) is -4.13. The smallest absolute Gasteiger partial charge is 0.204 e. The molecule has 0 amide bonds. The average molecular weight is 400 g/mol. The number of fused-ring (bicyclic) bond motifs is 1. The van der Waals surface area contributed by atoms with Crippen LogP contribution in [0.4, 0.5) is 17.6 Å². The molecular formula is C13H8Br2F4. The molecule has 1 unspecified atom stereocenters. The van der Waals surface area contributed by atoms with E-state index >= 15 is 0 Å². The van der Waals surface area contributed by atoms with Crippen LogP contribution < -0.4 is 0 Å². The highest BCUT2D eigenvalue weighted by Crippen LogP contribution is 2.45. The van der Waals surface area contributed by atoms with Crippen LogP contribution >= 0.6 is 31.9 Å². The quantitative estimate of drug-likeness (QED) is 0.442. The van der Waals surface area contributed by atoms with Crippen molar-refractivity contribution in [2.24, 2.45) is 0 Å². The molecule has 6 heteroatoms. The SMILES string of the molecule is FC(F)C(F)(F)C(Br)c1ccc(Br)c2ccccc12. The molecule has 0 aromatic heterocycles. The Morgan fingerprint density at radius 3 is 2.11 bits per heavy atom. The number of halogens is 6. The van der Waals surface area contributed by atoms with E-state index in [0.29, 0.717) is 10.8 Å². The summed E-state index contributed by atoms with van der Waals surface area (Å²) in [5.41, 5.74) is 0.143. The summed E-state index contributed by atoms with van der Waals surface area (Å²) >= 11 is 6.02. The van der Waals surface area contributed by atoms with Crippen molar-refractivity contribution in [3.8, 4) is 0 Å². The van der Waals surface area contributed by atoms with Crippen LogP contribution in [0, 0.1) is 0 Å². The van der Waals surface area contributed by atoms with Gasteiger partial charge in [-0.3, -0.25) is 0 Å². The zero-order chi connectivity index (χ0) is 14.2. The van der Waals surface area contributed by atoms with E-state index in [-0.39, 0.29) is 5.56 Å². The molecule has 0 saturated carbocycles. The monoisotopic (exact) mass is 398 g/mol. The van der Waals surface area contributed by atoms with Gasteiger partial charge in [0.25, 0.3) is 0 Å². The van der Waals surface area contributed by atoms with Crippen molar-refractivity contribution in [3.05, 3.63) is 46.4 Å². The number of rotatable bonds is 3. The maximum atomic E-state index is 13.4. The lowest BCUT2D eigenvalue weighted by atomic mass is 9.99. The van der Waals surface area contributed by atoms with E-state index in [9.17, 15) is 17.6 Å².